The number of phenols is 1. The van der Waals surface area contributed by atoms with Gasteiger partial charge in [-0.2, -0.15) is 0 Å². The Bertz CT molecular complexity index is 3550. The molecule has 2 aliphatic carbocycles. The van der Waals surface area contributed by atoms with Crippen LogP contribution >= 0.6 is 23.9 Å². The average Bonchev–Trinajstić information content (AvgIpc) is 1.86. The van der Waals surface area contributed by atoms with E-state index in [1.807, 2.05) is 42.7 Å². The molecule has 0 saturated carbocycles. The third-order valence-corrected chi connectivity index (χ3v) is 20.5. The predicted octanol–water partition coefficient (Wildman–Crippen LogP) is 20.8. The second kappa shape index (κ2) is 23.6. The summed E-state index contributed by atoms with van der Waals surface area (Å²) in [5.41, 5.74) is 20.8. The zero-order valence-electron chi connectivity index (χ0n) is 49.8. The molecular formula is C77H78BrN2OP. The number of halogens is 1. The van der Waals surface area contributed by atoms with Gasteiger partial charge in [-0.1, -0.05) is 277 Å². The molecule has 1 N–H and O–H groups in total. The SMILES string of the molecule is Brc1cccc(C2(c3ccccn3)c3ccccc3-c3ccccc32)c1.CC(C)c1cc(C(C)C)c(-c2ccccc2P(C(C)(C)C)C(C)(C)C)c(C(C)C)c1.Oc1cccc(C2(c3ccccn3)c3ccccc3-c3ccccc32)c1. The maximum Gasteiger partial charge on any atom is 0.115 e. The van der Waals surface area contributed by atoms with Crippen LogP contribution in [0.1, 0.15) is 162 Å². The highest BCUT2D eigenvalue weighted by Gasteiger charge is 2.48. The largest absolute Gasteiger partial charge is 0.508 e. The predicted molar refractivity (Wildman–Crippen MR) is 353 cm³/mol. The van der Waals surface area contributed by atoms with Crippen LogP contribution in [0.2, 0.25) is 0 Å². The van der Waals surface area contributed by atoms with Crippen LogP contribution in [0.4, 0.5) is 0 Å². The summed E-state index contributed by atoms with van der Waals surface area (Å²) in [5.74, 6) is 1.81. The lowest BCUT2D eigenvalue weighted by Crippen LogP contribution is -2.32. The van der Waals surface area contributed by atoms with Gasteiger partial charge in [-0.3, -0.25) is 9.97 Å². The number of hydrogen-bond acceptors (Lipinski definition) is 3. The molecule has 0 fully saturated rings. The van der Waals surface area contributed by atoms with Gasteiger partial charge in [0.05, 0.1) is 22.2 Å². The quantitative estimate of drug-likeness (QED) is 0.147. The molecule has 5 heteroatoms. The third kappa shape index (κ3) is 10.6. The Morgan fingerprint density at radius 2 is 0.780 bits per heavy atom. The molecule has 0 aliphatic heterocycles. The minimum absolute atomic E-state index is 0.248. The molecule has 0 unspecified atom stereocenters. The minimum atomic E-state index is -0.535. The zero-order valence-corrected chi connectivity index (χ0v) is 52.3. The molecule has 10 aromatic rings. The van der Waals surface area contributed by atoms with Gasteiger partial charge in [-0.05, 0) is 165 Å². The maximum absolute atomic E-state index is 10.2. The molecule has 12 rings (SSSR count). The van der Waals surface area contributed by atoms with Crippen molar-refractivity contribution in [2.24, 2.45) is 0 Å². The molecule has 3 nitrogen and oxygen atoms in total. The Morgan fingerprint density at radius 1 is 0.402 bits per heavy atom. The van der Waals surface area contributed by atoms with Gasteiger partial charge in [0, 0.05) is 16.9 Å². The molecule has 0 amide bonds. The van der Waals surface area contributed by atoms with Gasteiger partial charge in [0.15, 0.2) is 0 Å². The number of aromatic hydroxyl groups is 1. The Morgan fingerprint density at radius 3 is 1.15 bits per heavy atom. The molecule has 8 aromatic carbocycles. The summed E-state index contributed by atoms with van der Waals surface area (Å²) in [4.78, 5) is 9.58. The number of nitrogens with zero attached hydrogens (tertiary/aromatic N) is 2. The highest BCUT2D eigenvalue weighted by molar-refractivity contribution is 9.10. The standard InChI is InChI=1S/C29H45P.C24H16BrN.C24H17NO/c1-19(2)22-17-24(20(3)4)27(25(18-22)21(5)6)23-15-13-14-16-26(23)30(28(7,8)9)29(10,11)12;25-18-9-7-8-17(16-18)24(23-14-5-6-15-26-23)21-12-3-1-10-19(21)20-11-2-4-13-22(20)24;26-18-9-7-8-17(16-18)24(23-14-5-6-15-25-23)21-12-3-1-10-19(21)20-11-2-4-13-22(20)24/h13-21H,1-12H3;1-16H;1-16,26H. The fourth-order valence-electron chi connectivity index (χ4n) is 13.4. The van der Waals surface area contributed by atoms with E-state index in [9.17, 15) is 5.11 Å². The summed E-state index contributed by atoms with van der Waals surface area (Å²) in [6, 6.07) is 77.0. The number of benzene rings is 8. The van der Waals surface area contributed by atoms with Crippen LogP contribution in [0.5, 0.6) is 5.75 Å². The number of fused-ring (bicyclic) bond motifs is 6. The van der Waals surface area contributed by atoms with Crippen LogP contribution in [-0.2, 0) is 10.8 Å². The van der Waals surface area contributed by atoms with Gasteiger partial charge in [0.1, 0.15) is 5.75 Å². The fraction of sp³-hybridized carbons (Fsp3) is 0.247. The summed E-state index contributed by atoms with van der Waals surface area (Å²) in [6.07, 6.45) is 3.72. The van der Waals surface area contributed by atoms with Crippen molar-refractivity contribution in [1.29, 1.82) is 0 Å². The van der Waals surface area contributed by atoms with E-state index in [2.05, 4.69) is 281 Å². The molecule has 0 bridgehead atoms. The first kappa shape index (κ1) is 58.0. The van der Waals surface area contributed by atoms with Crippen molar-refractivity contribution in [1.82, 2.24) is 9.97 Å². The maximum atomic E-state index is 10.2. The van der Waals surface area contributed by atoms with Crippen molar-refractivity contribution in [2.75, 3.05) is 0 Å². The number of rotatable bonds is 9. The summed E-state index contributed by atoms with van der Waals surface area (Å²) < 4.78 is 1.08. The normalized spacial score (nSPS) is 13.6. The van der Waals surface area contributed by atoms with Crippen molar-refractivity contribution in [3.05, 3.63) is 297 Å². The van der Waals surface area contributed by atoms with Gasteiger partial charge in [-0.25, -0.2) is 0 Å². The van der Waals surface area contributed by atoms with Crippen molar-refractivity contribution < 1.29 is 5.11 Å². The molecule has 2 heterocycles. The van der Waals surface area contributed by atoms with E-state index in [4.69, 9.17) is 9.97 Å². The van der Waals surface area contributed by atoms with Crippen molar-refractivity contribution in [3.8, 4) is 39.1 Å². The molecule has 2 aromatic heterocycles. The Kier molecular flexibility index (Phi) is 16.7. The highest BCUT2D eigenvalue weighted by Crippen LogP contribution is 2.61. The Balaban J connectivity index is 0.000000138. The first-order chi connectivity index (χ1) is 39.3. The van der Waals surface area contributed by atoms with Gasteiger partial charge >= 0.3 is 0 Å². The monoisotopic (exact) mass is 1160 g/mol. The minimum Gasteiger partial charge on any atom is -0.508 e. The lowest BCUT2D eigenvalue weighted by molar-refractivity contribution is 0.473. The van der Waals surface area contributed by atoms with E-state index < -0.39 is 10.8 Å². The smallest absolute Gasteiger partial charge is 0.115 e. The molecule has 0 radical (unpaired) electrons. The Hall–Kier alpha value is -7.23. The van der Waals surface area contributed by atoms with Gasteiger partial charge < -0.3 is 5.11 Å². The lowest BCUT2D eigenvalue weighted by Gasteiger charge is -2.43. The van der Waals surface area contributed by atoms with Crippen molar-refractivity contribution in [3.63, 3.8) is 0 Å². The van der Waals surface area contributed by atoms with Crippen LogP contribution in [0.25, 0.3) is 33.4 Å². The van der Waals surface area contributed by atoms with Crippen LogP contribution in [-0.4, -0.2) is 25.4 Å². The van der Waals surface area contributed by atoms with Crippen molar-refractivity contribution in [2.45, 2.75) is 122 Å². The second-order valence-electron chi connectivity index (χ2n) is 24.9. The first-order valence-electron chi connectivity index (χ1n) is 29.1. The molecule has 2 aliphatic rings. The molecular weight excluding hydrogens is 1080 g/mol. The third-order valence-electron chi connectivity index (χ3n) is 16.4. The van der Waals surface area contributed by atoms with E-state index in [1.165, 1.54) is 77.9 Å². The van der Waals surface area contributed by atoms with Gasteiger partial charge in [0.2, 0.25) is 0 Å². The molecule has 0 spiro atoms. The van der Waals surface area contributed by atoms with E-state index >= 15 is 0 Å². The van der Waals surface area contributed by atoms with Gasteiger partial charge in [-0.15, -0.1) is 0 Å². The molecule has 82 heavy (non-hydrogen) atoms. The molecule has 0 atom stereocenters. The summed E-state index contributed by atoms with van der Waals surface area (Å²) in [7, 11) is -0.366. The summed E-state index contributed by atoms with van der Waals surface area (Å²) in [6.45, 7) is 28.6. The molecule has 0 saturated heterocycles. The van der Waals surface area contributed by atoms with Crippen LogP contribution < -0.4 is 5.30 Å². The second-order valence-corrected chi connectivity index (χ2v) is 29.7. The number of hydrogen-bond donors (Lipinski definition) is 1. The average molecular weight is 1160 g/mol. The molecule has 414 valence electrons. The highest BCUT2D eigenvalue weighted by atomic mass is 79.9. The summed E-state index contributed by atoms with van der Waals surface area (Å²) >= 11 is 3.67. The number of phenolic OH excluding ortho intramolecular Hbond substituents is 1. The Labute approximate surface area is 498 Å². The van der Waals surface area contributed by atoms with Crippen LogP contribution in [0.15, 0.2) is 235 Å². The van der Waals surface area contributed by atoms with E-state index in [-0.39, 0.29) is 24.0 Å². The fourth-order valence-corrected chi connectivity index (χ4v) is 18.0. The van der Waals surface area contributed by atoms with E-state index in [0.29, 0.717) is 17.8 Å². The van der Waals surface area contributed by atoms with E-state index in [1.54, 1.807) is 11.4 Å². The van der Waals surface area contributed by atoms with E-state index in [0.717, 1.165) is 21.4 Å². The zero-order chi connectivity index (χ0) is 58.1. The van der Waals surface area contributed by atoms with Gasteiger partial charge in [0.25, 0.3) is 0 Å². The number of aromatic nitrogens is 2. The van der Waals surface area contributed by atoms with Crippen molar-refractivity contribution >= 4 is 29.2 Å². The first-order valence-corrected chi connectivity index (χ1v) is 31.3. The summed E-state index contributed by atoms with van der Waals surface area (Å²) in [5, 5.41) is 12.3. The van der Waals surface area contributed by atoms with Crippen LogP contribution in [0.3, 0.4) is 0 Å². The number of pyridine rings is 2. The lowest BCUT2D eigenvalue weighted by atomic mass is 9.70. The van der Waals surface area contributed by atoms with Crippen LogP contribution in [0, 0.1) is 0 Å². The topological polar surface area (TPSA) is 46.0 Å².